The lowest BCUT2D eigenvalue weighted by atomic mass is 9.53. The van der Waals surface area contributed by atoms with Crippen LogP contribution in [0.2, 0.25) is 0 Å². The van der Waals surface area contributed by atoms with Crippen LogP contribution in [0.3, 0.4) is 0 Å². The third-order valence-corrected chi connectivity index (χ3v) is 7.53. The van der Waals surface area contributed by atoms with Crippen LogP contribution in [-0.2, 0) is 4.79 Å². The van der Waals surface area contributed by atoms with Crippen molar-refractivity contribution in [3.8, 4) is 11.5 Å². The number of carbonyl (C=O) groups is 1. The molecule has 26 heavy (non-hydrogen) atoms. The molecular formula is C21H27NO3S. The summed E-state index contributed by atoms with van der Waals surface area (Å²) in [4.78, 5) is 13.7. The van der Waals surface area contributed by atoms with Gasteiger partial charge >= 0.3 is 0 Å². The van der Waals surface area contributed by atoms with Gasteiger partial charge in [0.05, 0.1) is 19.0 Å². The molecular weight excluding hydrogens is 346 g/mol. The van der Waals surface area contributed by atoms with Crippen LogP contribution in [0.25, 0.3) is 0 Å². The van der Waals surface area contributed by atoms with E-state index in [2.05, 4.69) is 5.32 Å². The minimum Gasteiger partial charge on any atom is -0.490 e. The Hall–Kier alpha value is -1.36. The van der Waals surface area contributed by atoms with E-state index in [1.807, 2.05) is 18.2 Å². The third-order valence-electron chi connectivity index (χ3n) is 6.53. The van der Waals surface area contributed by atoms with E-state index < -0.39 is 0 Å². The van der Waals surface area contributed by atoms with Crippen molar-refractivity contribution in [2.45, 2.75) is 55.4 Å². The van der Waals surface area contributed by atoms with Gasteiger partial charge in [0.2, 0.25) is 5.91 Å². The Labute approximate surface area is 159 Å². The number of ether oxygens (including phenoxy) is 2. The van der Waals surface area contributed by atoms with Crippen molar-refractivity contribution >= 4 is 17.7 Å². The molecule has 4 saturated carbocycles. The Morgan fingerprint density at radius 1 is 1.04 bits per heavy atom. The quantitative estimate of drug-likeness (QED) is 0.810. The summed E-state index contributed by atoms with van der Waals surface area (Å²) in [6.45, 7) is 1.39. The Bertz CT molecular complexity index is 669. The normalized spacial score (nSPS) is 34.4. The Morgan fingerprint density at radius 2 is 1.69 bits per heavy atom. The summed E-state index contributed by atoms with van der Waals surface area (Å²) >= 11 is 1.59. The number of nitrogens with one attached hydrogen (secondary N) is 1. The molecule has 1 heterocycles. The van der Waals surface area contributed by atoms with Crippen LogP contribution in [0.5, 0.6) is 11.5 Å². The molecule has 1 aliphatic heterocycles. The van der Waals surface area contributed by atoms with Crippen LogP contribution in [-0.4, -0.2) is 30.4 Å². The van der Waals surface area contributed by atoms with Gasteiger partial charge < -0.3 is 14.8 Å². The van der Waals surface area contributed by atoms with E-state index in [9.17, 15) is 4.79 Å². The highest BCUT2D eigenvalue weighted by molar-refractivity contribution is 8.00. The van der Waals surface area contributed by atoms with E-state index in [-0.39, 0.29) is 11.4 Å². The van der Waals surface area contributed by atoms with Crippen LogP contribution in [0, 0.1) is 17.8 Å². The van der Waals surface area contributed by atoms with E-state index in [0.29, 0.717) is 19.0 Å². The monoisotopic (exact) mass is 373 g/mol. The van der Waals surface area contributed by atoms with E-state index in [1.165, 1.54) is 38.5 Å². The van der Waals surface area contributed by atoms with Crippen LogP contribution < -0.4 is 14.8 Å². The van der Waals surface area contributed by atoms with Gasteiger partial charge in [0.1, 0.15) is 0 Å². The van der Waals surface area contributed by atoms with Crippen molar-refractivity contribution in [3.63, 3.8) is 0 Å². The van der Waals surface area contributed by atoms with Gasteiger partial charge in [-0.05, 0) is 74.5 Å². The number of hydrogen-bond acceptors (Lipinski definition) is 4. The lowest BCUT2D eigenvalue weighted by molar-refractivity contribution is -0.124. The fourth-order valence-electron chi connectivity index (χ4n) is 5.98. The molecule has 0 radical (unpaired) electrons. The first-order valence-corrected chi connectivity index (χ1v) is 11.0. The zero-order chi connectivity index (χ0) is 17.6. The van der Waals surface area contributed by atoms with Gasteiger partial charge in [-0.1, -0.05) is 0 Å². The SMILES string of the molecule is O=C(CSc1ccc2c(c1)OCCCO2)NC12CC3CC(CC(C3)C1)C2. The molecule has 0 spiro atoms. The molecule has 1 aromatic carbocycles. The predicted molar refractivity (Wildman–Crippen MR) is 102 cm³/mol. The summed E-state index contributed by atoms with van der Waals surface area (Å²) < 4.78 is 11.4. The summed E-state index contributed by atoms with van der Waals surface area (Å²) in [5.41, 5.74) is 0.108. The molecule has 0 atom stereocenters. The lowest BCUT2D eigenvalue weighted by Gasteiger charge is -2.56. The summed E-state index contributed by atoms with van der Waals surface area (Å²) in [5.74, 6) is 4.84. The first kappa shape index (κ1) is 16.8. The maximum atomic E-state index is 12.7. The number of amides is 1. The van der Waals surface area contributed by atoms with E-state index in [4.69, 9.17) is 9.47 Å². The van der Waals surface area contributed by atoms with Crippen molar-refractivity contribution in [3.05, 3.63) is 18.2 Å². The Balaban J connectivity index is 1.20. The Morgan fingerprint density at radius 3 is 2.38 bits per heavy atom. The zero-order valence-corrected chi connectivity index (χ0v) is 16.0. The second-order valence-corrected chi connectivity index (χ2v) is 9.74. The summed E-state index contributed by atoms with van der Waals surface area (Å²) in [6.07, 6.45) is 8.74. The minimum atomic E-state index is 0.108. The second-order valence-electron chi connectivity index (χ2n) is 8.69. The van der Waals surface area contributed by atoms with Crippen molar-refractivity contribution in [1.82, 2.24) is 5.32 Å². The molecule has 4 fully saturated rings. The van der Waals surface area contributed by atoms with Gasteiger partial charge in [0.15, 0.2) is 11.5 Å². The molecule has 1 aromatic rings. The molecule has 140 valence electrons. The van der Waals surface area contributed by atoms with Crippen molar-refractivity contribution in [2.24, 2.45) is 17.8 Å². The highest BCUT2D eigenvalue weighted by atomic mass is 32.2. The molecule has 4 aliphatic carbocycles. The highest BCUT2D eigenvalue weighted by Gasteiger charge is 2.51. The zero-order valence-electron chi connectivity index (χ0n) is 15.2. The van der Waals surface area contributed by atoms with Gasteiger partial charge in [0.25, 0.3) is 0 Å². The molecule has 6 rings (SSSR count). The molecule has 5 aliphatic rings. The maximum Gasteiger partial charge on any atom is 0.230 e. The molecule has 5 heteroatoms. The molecule has 0 unspecified atom stereocenters. The van der Waals surface area contributed by atoms with E-state index >= 15 is 0 Å². The number of rotatable bonds is 4. The lowest BCUT2D eigenvalue weighted by Crippen LogP contribution is -2.60. The molecule has 4 nitrogen and oxygen atoms in total. The number of thioether (sulfide) groups is 1. The number of benzene rings is 1. The number of carbonyl (C=O) groups excluding carboxylic acids is 1. The van der Waals surface area contributed by atoms with Crippen LogP contribution in [0.1, 0.15) is 44.9 Å². The number of hydrogen-bond donors (Lipinski definition) is 1. The molecule has 0 aromatic heterocycles. The Kier molecular flexibility index (Phi) is 4.30. The van der Waals surface area contributed by atoms with Crippen molar-refractivity contribution in [2.75, 3.05) is 19.0 Å². The van der Waals surface area contributed by atoms with E-state index in [0.717, 1.165) is 40.6 Å². The van der Waals surface area contributed by atoms with Crippen LogP contribution in [0.4, 0.5) is 0 Å². The van der Waals surface area contributed by atoms with Crippen molar-refractivity contribution < 1.29 is 14.3 Å². The largest absolute Gasteiger partial charge is 0.490 e. The maximum absolute atomic E-state index is 12.7. The van der Waals surface area contributed by atoms with Crippen molar-refractivity contribution in [1.29, 1.82) is 0 Å². The highest BCUT2D eigenvalue weighted by Crippen LogP contribution is 2.55. The molecule has 0 saturated heterocycles. The van der Waals surface area contributed by atoms with Gasteiger partial charge in [-0.3, -0.25) is 4.79 Å². The fourth-order valence-corrected chi connectivity index (χ4v) is 6.70. The standard InChI is InChI=1S/C21H27NO3S/c23-20(22-21-10-14-6-15(11-21)8-16(7-14)12-21)13-26-17-2-3-18-19(9-17)25-5-1-4-24-18/h2-3,9,14-16H,1,4-8,10-13H2,(H,22,23). The van der Waals surface area contributed by atoms with E-state index in [1.54, 1.807) is 11.8 Å². The summed E-state index contributed by atoms with van der Waals surface area (Å²) in [7, 11) is 0. The average molecular weight is 374 g/mol. The summed E-state index contributed by atoms with van der Waals surface area (Å²) in [5, 5.41) is 3.45. The first-order valence-electron chi connectivity index (χ1n) is 10.0. The third kappa shape index (κ3) is 3.30. The van der Waals surface area contributed by atoms with Gasteiger partial charge in [0, 0.05) is 16.9 Å². The van der Waals surface area contributed by atoms with Gasteiger partial charge in [-0.25, -0.2) is 0 Å². The topological polar surface area (TPSA) is 47.6 Å². The predicted octanol–water partition coefficient (Wildman–Crippen LogP) is 4.03. The second kappa shape index (κ2) is 6.66. The minimum absolute atomic E-state index is 0.108. The first-order chi connectivity index (χ1) is 12.7. The summed E-state index contributed by atoms with van der Waals surface area (Å²) in [6, 6.07) is 5.99. The average Bonchev–Trinajstić information content (AvgIpc) is 2.83. The van der Waals surface area contributed by atoms with Crippen LogP contribution >= 0.6 is 11.8 Å². The fraction of sp³-hybridized carbons (Fsp3) is 0.667. The molecule has 1 N–H and O–H groups in total. The molecule has 4 bridgehead atoms. The molecule has 1 amide bonds. The smallest absolute Gasteiger partial charge is 0.230 e. The van der Waals surface area contributed by atoms with Crippen LogP contribution in [0.15, 0.2) is 23.1 Å². The van der Waals surface area contributed by atoms with Gasteiger partial charge in [-0.15, -0.1) is 11.8 Å². The van der Waals surface area contributed by atoms with Gasteiger partial charge in [-0.2, -0.15) is 0 Å². The number of fused-ring (bicyclic) bond motifs is 1.